The van der Waals surface area contributed by atoms with Crippen LogP contribution in [-0.2, 0) is 14.8 Å². The molecule has 30 heavy (non-hydrogen) atoms. The van der Waals surface area contributed by atoms with Crippen LogP contribution in [0.3, 0.4) is 0 Å². The van der Waals surface area contributed by atoms with Gasteiger partial charge in [-0.1, -0.05) is 6.07 Å². The van der Waals surface area contributed by atoms with Gasteiger partial charge in [-0.05, 0) is 74.4 Å². The fraction of sp³-hybridized carbons (Fsp3) is 0.190. The Bertz CT molecular complexity index is 1130. The van der Waals surface area contributed by atoms with E-state index in [1.54, 1.807) is 18.2 Å². The third-order valence-electron chi connectivity index (χ3n) is 4.38. The van der Waals surface area contributed by atoms with Gasteiger partial charge < -0.3 is 5.32 Å². The van der Waals surface area contributed by atoms with Crippen molar-refractivity contribution in [3.63, 3.8) is 0 Å². The van der Waals surface area contributed by atoms with Crippen LogP contribution in [0, 0.1) is 13.8 Å². The highest BCUT2D eigenvalue weighted by molar-refractivity contribution is 8.00. The van der Waals surface area contributed by atoms with Gasteiger partial charge in [0.15, 0.2) is 0 Å². The monoisotopic (exact) mass is 442 g/mol. The molecule has 156 valence electrons. The summed E-state index contributed by atoms with van der Waals surface area (Å²) in [5.74, 6) is -0.170. The molecular formula is C21H22N4O3S2. The molecule has 3 aromatic rings. The number of hydrogen-bond acceptors (Lipinski definition) is 6. The molecule has 1 amide bonds. The van der Waals surface area contributed by atoms with E-state index in [1.165, 1.54) is 47.4 Å². The summed E-state index contributed by atoms with van der Waals surface area (Å²) >= 11 is 1.47. The van der Waals surface area contributed by atoms with Crippen molar-refractivity contribution in [1.29, 1.82) is 0 Å². The molecule has 3 rings (SSSR count). The van der Waals surface area contributed by atoms with E-state index in [9.17, 15) is 13.2 Å². The molecule has 1 atom stereocenters. The first-order valence-corrected chi connectivity index (χ1v) is 11.6. The predicted molar refractivity (Wildman–Crippen MR) is 119 cm³/mol. The summed E-state index contributed by atoms with van der Waals surface area (Å²) in [6, 6.07) is 13.6. The van der Waals surface area contributed by atoms with Crippen LogP contribution in [0.5, 0.6) is 0 Å². The number of carbonyl (C=O) groups is 1. The number of nitrogens with zero attached hydrogens (tertiary/aromatic N) is 2. The van der Waals surface area contributed by atoms with Crippen LogP contribution >= 0.6 is 11.8 Å². The Balaban J connectivity index is 1.63. The van der Waals surface area contributed by atoms with Crippen molar-refractivity contribution < 1.29 is 13.2 Å². The van der Waals surface area contributed by atoms with E-state index in [-0.39, 0.29) is 22.0 Å². The van der Waals surface area contributed by atoms with Gasteiger partial charge in [-0.15, -0.1) is 11.8 Å². The number of benzene rings is 2. The standard InChI is InChI=1S/C21H22N4O3S2/c1-14-5-8-18(13-15(14)2)29-16(3)20(26)24-17-6-9-19(10-7-17)30(27,28)25-21-22-11-4-12-23-21/h4-13,16H,1-3H3,(H,24,26)(H,22,23,25)/t16-/m0/s1. The maximum atomic E-state index is 12.5. The SMILES string of the molecule is Cc1ccc(S[C@@H](C)C(=O)Nc2ccc(S(=O)(=O)Nc3ncccn3)cc2)cc1C. The number of carbonyl (C=O) groups excluding carboxylic acids is 1. The number of aryl methyl sites for hydroxylation is 2. The van der Waals surface area contributed by atoms with Crippen molar-refractivity contribution in [3.05, 3.63) is 72.1 Å². The van der Waals surface area contributed by atoms with Crippen LogP contribution in [0.1, 0.15) is 18.1 Å². The average Bonchev–Trinajstić information content (AvgIpc) is 2.71. The summed E-state index contributed by atoms with van der Waals surface area (Å²) in [6.45, 7) is 5.92. The largest absolute Gasteiger partial charge is 0.325 e. The van der Waals surface area contributed by atoms with E-state index in [0.717, 1.165) is 4.90 Å². The number of thioether (sulfide) groups is 1. The van der Waals surface area contributed by atoms with E-state index in [1.807, 2.05) is 32.9 Å². The maximum absolute atomic E-state index is 12.5. The zero-order valence-corrected chi connectivity index (χ0v) is 18.4. The molecule has 0 unspecified atom stereocenters. The first-order chi connectivity index (χ1) is 14.2. The second-order valence-corrected chi connectivity index (χ2v) is 9.79. The molecule has 0 spiro atoms. The molecule has 2 aromatic carbocycles. The molecule has 0 fully saturated rings. The van der Waals surface area contributed by atoms with Gasteiger partial charge in [-0.3, -0.25) is 4.79 Å². The van der Waals surface area contributed by atoms with Crippen LogP contribution in [0.15, 0.2) is 70.7 Å². The number of rotatable bonds is 7. The van der Waals surface area contributed by atoms with Gasteiger partial charge in [0.1, 0.15) is 0 Å². The lowest BCUT2D eigenvalue weighted by Crippen LogP contribution is -2.22. The second-order valence-electron chi connectivity index (χ2n) is 6.70. The summed E-state index contributed by atoms with van der Waals surface area (Å²) in [4.78, 5) is 21.3. The topological polar surface area (TPSA) is 101 Å². The van der Waals surface area contributed by atoms with Gasteiger partial charge >= 0.3 is 0 Å². The fourth-order valence-corrected chi connectivity index (χ4v) is 4.46. The maximum Gasteiger partial charge on any atom is 0.264 e. The van der Waals surface area contributed by atoms with Crippen LogP contribution in [0.4, 0.5) is 11.6 Å². The Hall–Kier alpha value is -2.91. The molecule has 7 nitrogen and oxygen atoms in total. The Morgan fingerprint density at radius 2 is 1.67 bits per heavy atom. The van der Waals surface area contributed by atoms with E-state index >= 15 is 0 Å². The number of nitrogens with one attached hydrogen (secondary N) is 2. The van der Waals surface area contributed by atoms with Gasteiger partial charge in [0.05, 0.1) is 10.1 Å². The molecule has 0 radical (unpaired) electrons. The van der Waals surface area contributed by atoms with Crippen molar-refractivity contribution in [1.82, 2.24) is 9.97 Å². The third kappa shape index (κ3) is 5.58. The highest BCUT2D eigenvalue weighted by atomic mass is 32.2. The smallest absolute Gasteiger partial charge is 0.264 e. The number of amides is 1. The molecule has 9 heteroatoms. The molecule has 0 aliphatic heterocycles. The lowest BCUT2D eigenvalue weighted by Gasteiger charge is -2.13. The van der Waals surface area contributed by atoms with Crippen LogP contribution < -0.4 is 10.0 Å². The zero-order valence-electron chi connectivity index (χ0n) is 16.8. The van der Waals surface area contributed by atoms with Crippen molar-refractivity contribution in [2.75, 3.05) is 10.0 Å². The molecule has 0 aliphatic carbocycles. The summed E-state index contributed by atoms with van der Waals surface area (Å²) in [5.41, 5.74) is 2.90. The molecule has 2 N–H and O–H groups in total. The minimum absolute atomic E-state index is 0.00734. The summed E-state index contributed by atoms with van der Waals surface area (Å²) in [7, 11) is -3.82. The normalized spacial score (nSPS) is 12.2. The average molecular weight is 443 g/mol. The summed E-state index contributed by atoms with van der Waals surface area (Å²) in [6.07, 6.45) is 2.89. The Kier molecular flexibility index (Phi) is 6.73. The van der Waals surface area contributed by atoms with Crippen molar-refractivity contribution in [2.45, 2.75) is 35.8 Å². The van der Waals surface area contributed by atoms with Crippen molar-refractivity contribution in [2.24, 2.45) is 0 Å². The van der Waals surface area contributed by atoms with E-state index in [2.05, 4.69) is 26.1 Å². The van der Waals surface area contributed by atoms with Gasteiger partial charge in [0.25, 0.3) is 10.0 Å². The quantitative estimate of drug-likeness (QED) is 0.536. The van der Waals surface area contributed by atoms with Gasteiger partial charge in [0.2, 0.25) is 11.9 Å². The van der Waals surface area contributed by atoms with Gasteiger partial charge in [-0.2, -0.15) is 0 Å². The van der Waals surface area contributed by atoms with E-state index in [4.69, 9.17) is 0 Å². The molecule has 0 aliphatic rings. The van der Waals surface area contributed by atoms with Crippen LogP contribution in [-0.4, -0.2) is 29.5 Å². The molecular weight excluding hydrogens is 420 g/mol. The molecule has 0 bridgehead atoms. The number of aromatic nitrogens is 2. The molecule has 0 saturated carbocycles. The lowest BCUT2D eigenvalue weighted by atomic mass is 10.1. The predicted octanol–water partition coefficient (Wildman–Crippen LogP) is 4.01. The zero-order chi connectivity index (χ0) is 21.7. The Labute approximate surface area is 180 Å². The fourth-order valence-electron chi connectivity index (χ4n) is 2.54. The van der Waals surface area contributed by atoms with Crippen molar-refractivity contribution in [3.8, 4) is 0 Å². The highest BCUT2D eigenvalue weighted by Gasteiger charge is 2.17. The first kappa shape index (κ1) is 21.8. The summed E-state index contributed by atoms with van der Waals surface area (Å²) in [5, 5.41) is 2.50. The molecule has 0 saturated heterocycles. The second kappa shape index (κ2) is 9.27. The van der Waals surface area contributed by atoms with Crippen LogP contribution in [0.25, 0.3) is 0 Å². The van der Waals surface area contributed by atoms with Crippen molar-refractivity contribution >= 4 is 39.3 Å². The lowest BCUT2D eigenvalue weighted by molar-refractivity contribution is -0.115. The minimum atomic E-state index is -3.82. The number of anilines is 2. The van der Waals surface area contributed by atoms with E-state index < -0.39 is 10.0 Å². The highest BCUT2D eigenvalue weighted by Crippen LogP contribution is 2.26. The summed E-state index contributed by atoms with van der Waals surface area (Å²) < 4.78 is 27.1. The van der Waals surface area contributed by atoms with Gasteiger partial charge in [-0.25, -0.2) is 23.1 Å². The number of sulfonamides is 1. The minimum Gasteiger partial charge on any atom is -0.325 e. The van der Waals surface area contributed by atoms with Crippen LogP contribution in [0.2, 0.25) is 0 Å². The third-order valence-corrected chi connectivity index (χ3v) is 6.82. The Morgan fingerprint density at radius 3 is 2.30 bits per heavy atom. The number of hydrogen-bond donors (Lipinski definition) is 2. The van der Waals surface area contributed by atoms with Gasteiger partial charge in [0, 0.05) is 23.0 Å². The first-order valence-electron chi connectivity index (χ1n) is 9.19. The molecule has 1 aromatic heterocycles. The van der Waals surface area contributed by atoms with E-state index in [0.29, 0.717) is 5.69 Å². The Morgan fingerprint density at radius 1 is 1.00 bits per heavy atom. The molecule has 1 heterocycles.